The molecule has 0 radical (unpaired) electrons. The second-order valence-corrected chi connectivity index (χ2v) is 8.88. The third-order valence-corrected chi connectivity index (χ3v) is 6.21. The van der Waals surface area contributed by atoms with Crippen molar-refractivity contribution in [2.45, 2.75) is 52.0 Å². The number of amides is 1. The SMILES string of the molecule is COc1cccc(-c2cc(C)nc(C3CCN(C(=O)Cn4ccnc4C(C)C)CC3)c2)c1. The predicted octanol–water partition coefficient (Wildman–Crippen LogP) is 4.79. The highest BCUT2D eigenvalue weighted by atomic mass is 16.5. The standard InChI is InChI=1S/C26H32N4O2/c1-18(2)26-27-10-13-30(26)17-25(31)29-11-8-20(9-12-29)24-16-22(14-19(3)28-24)21-6-5-7-23(15-21)32-4/h5-7,10,13-16,18,20H,8-9,11-12,17H2,1-4H3. The first-order chi connectivity index (χ1) is 15.4. The summed E-state index contributed by atoms with van der Waals surface area (Å²) in [5.74, 6) is 2.64. The fraction of sp³-hybridized carbons (Fsp3) is 0.423. The highest BCUT2D eigenvalue weighted by Gasteiger charge is 2.25. The molecule has 4 rings (SSSR count). The van der Waals surface area contributed by atoms with Crippen LogP contribution in [0.25, 0.3) is 11.1 Å². The largest absolute Gasteiger partial charge is 0.497 e. The van der Waals surface area contributed by atoms with Gasteiger partial charge in [-0.1, -0.05) is 26.0 Å². The van der Waals surface area contributed by atoms with Crippen molar-refractivity contribution in [3.63, 3.8) is 0 Å². The minimum absolute atomic E-state index is 0.164. The lowest BCUT2D eigenvalue weighted by molar-refractivity contribution is -0.132. The first-order valence-electron chi connectivity index (χ1n) is 11.4. The Labute approximate surface area is 190 Å². The number of pyridine rings is 1. The molecular weight excluding hydrogens is 400 g/mol. The number of piperidine rings is 1. The maximum atomic E-state index is 12.9. The van der Waals surface area contributed by atoms with Crippen molar-refractivity contribution in [3.8, 4) is 16.9 Å². The Kier molecular flexibility index (Phi) is 6.58. The van der Waals surface area contributed by atoms with Crippen LogP contribution in [0.1, 0.15) is 55.7 Å². The summed E-state index contributed by atoms with van der Waals surface area (Å²) in [5.41, 5.74) is 4.42. The average Bonchev–Trinajstić information content (AvgIpc) is 3.27. The number of hydrogen-bond donors (Lipinski definition) is 0. The van der Waals surface area contributed by atoms with Crippen LogP contribution in [0.5, 0.6) is 5.75 Å². The van der Waals surface area contributed by atoms with Crippen LogP contribution in [-0.2, 0) is 11.3 Å². The van der Waals surface area contributed by atoms with Gasteiger partial charge in [0.15, 0.2) is 0 Å². The molecule has 1 aromatic carbocycles. The molecule has 1 fully saturated rings. The van der Waals surface area contributed by atoms with E-state index in [2.05, 4.69) is 43.1 Å². The molecule has 1 saturated heterocycles. The van der Waals surface area contributed by atoms with Crippen LogP contribution < -0.4 is 4.74 Å². The fourth-order valence-electron chi connectivity index (χ4n) is 4.50. The van der Waals surface area contributed by atoms with Crippen LogP contribution in [-0.4, -0.2) is 45.5 Å². The molecule has 1 aliphatic heterocycles. The van der Waals surface area contributed by atoms with Crippen molar-refractivity contribution in [1.82, 2.24) is 19.4 Å². The molecule has 3 aromatic rings. The molecule has 0 atom stereocenters. The third-order valence-electron chi connectivity index (χ3n) is 6.21. The van der Waals surface area contributed by atoms with E-state index in [4.69, 9.17) is 9.72 Å². The number of nitrogens with zero attached hydrogens (tertiary/aromatic N) is 4. The van der Waals surface area contributed by atoms with E-state index in [0.717, 1.165) is 60.0 Å². The van der Waals surface area contributed by atoms with Crippen LogP contribution in [0, 0.1) is 6.92 Å². The normalized spacial score (nSPS) is 14.7. The number of likely N-dealkylation sites (tertiary alicyclic amines) is 1. The van der Waals surface area contributed by atoms with Gasteiger partial charge in [-0.3, -0.25) is 9.78 Å². The summed E-state index contributed by atoms with van der Waals surface area (Å²) < 4.78 is 7.36. The first-order valence-corrected chi connectivity index (χ1v) is 11.4. The van der Waals surface area contributed by atoms with Crippen molar-refractivity contribution < 1.29 is 9.53 Å². The van der Waals surface area contributed by atoms with Gasteiger partial charge < -0.3 is 14.2 Å². The number of benzene rings is 1. The molecule has 0 saturated carbocycles. The van der Waals surface area contributed by atoms with Crippen LogP contribution in [0.2, 0.25) is 0 Å². The monoisotopic (exact) mass is 432 g/mol. The Morgan fingerprint density at radius 3 is 2.66 bits per heavy atom. The molecule has 6 heteroatoms. The van der Waals surface area contributed by atoms with Crippen LogP contribution in [0.15, 0.2) is 48.8 Å². The number of aryl methyl sites for hydroxylation is 1. The van der Waals surface area contributed by atoms with E-state index in [0.29, 0.717) is 18.4 Å². The molecule has 1 aliphatic rings. The van der Waals surface area contributed by atoms with E-state index >= 15 is 0 Å². The Hall–Kier alpha value is -3.15. The molecule has 32 heavy (non-hydrogen) atoms. The van der Waals surface area contributed by atoms with Crippen molar-refractivity contribution in [1.29, 1.82) is 0 Å². The molecule has 1 amide bonds. The second kappa shape index (κ2) is 9.55. The summed E-state index contributed by atoms with van der Waals surface area (Å²) in [7, 11) is 1.69. The van der Waals surface area contributed by atoms with Gasteiger partial charge in [-0.2, -0.15) is 0 Å². The average molecular weight is 433 g/mol. The number of methoxy groups -OCH3 is 1. The summed E-state index contributed by atoms with van der Waals surface area (Å²) in [6.45, 7) is 8.13. The molecule has 0 N–H and O–H groups in total. The van der Waals surface area contributed by atoms with Gasteiger partial charge >= 0.3 is 0 Å². The lowest BCUT2D eigenvalue weighted by Crippen LogP contribution is -2.40. The number of carbonyl (C=O) groups is 1. The fourth-order valence-corrected chi connectivity index (χ4v) is 4.50. The minimum atomic E-state index is 0.164. The topological polar surface area (TPSA) is 60.2 Å². The zero-order valence-corrected chi connectivity index (χ0v) is 19.4. The van der Waals surface area contributed by atoms with Gasteiger partial charge in [-0.15, -0.1) is 0 Å². The lowest BCUT2D eigenvalue weighted by atomic mass is 9.91. The quantitative estimate of drug-likeness (QED) is 0.562. The summed E-state index contributed by atoms with van der Waals surface area (Å²) >= 11 is 0. The summed E-state index contributed by atoms with van der Waals surface area (Å²) in [4.78, 5) is 24.1. The van der Waals surface area contributed by atoms with Crippen LogP contribution >= 0.6 is 0 Å². The summed E-state index contributed by atoms with van der Waals surface area (Å²) in [6.07, 6.45) is 5.54. The molecule has 0 unspecified atom stereocenters. The lowest BCUT2D eigenvalue weighted by Gasteiger charge is -2.32. The van der Waals surface area contributed by atoms with E-state index < -0.39 is 0 Å². The highest BCUT2D eigenvalue weighted by molar-refractivity contribution is 5.76. The van der Waals surface area contributed by atoms with Crippen molar-refractivity contribution in [2.75, 3.05) is 20.2 Å². The third kappa shape index (κ3) is 4.85. The maximum Gasteiger partial charge on any atom is 0.242 e. The van der Waals surface area contributed by atoms with E-state index in [1.54, 1.807) is 13.3 Å². The predicted molar refractivity (Wildman–Crippen MR) is 126 cm³/mol. The Balaban J connectivity index is 1.43. The van der Waals surface area contributed by atoms with Gasteiger partial charge in [-0.05, 0) is 55.2 Å². The van der Waals surface area contributed by atoms with Gasteiger partial charge in [0.25, 0.3) is 0 Å². The van der Waals surface area contributed by atoms with Crippen molar-refractivity contribution >= 4 is 5.91 Å². The molecule has 0 spiro atoms. The molecule has 3 heterocycles. The number of imidazole rings is 1. The number of carbonyl (C=O) groups excluding carboxylic acids is 1. The van der Waals surface area contributed by atoms with E-state index in [-0.39, 0.29) is 5.91 Å². The van der Waals surface area contributed by atoms with Gasteiger partial charge in [0, 0.05) is 48.7 Å². The number of ether oxygens (including phenoxy) is 1. The van der Waals surface area contributed by atoms with Crippen molar-refractivity contribution in [2.24, 2.45) is 0 Å². The van der Waals surface area contributed by atoms with Gasteiger partial charge in [0.05, 0.1) is 7.11 Å². The molecule has 0 aliphatic carbocycles. The first kappa shape index (κ1) is 22.1. The number of rotatable bonds is 6. The van der Waals surface area contributed by atoms with Gasteiger partial charge in [-0.25, -0.2) is 4.98 Å². The maximum absolute atomic E-state index is 12.9. The Bertz CT molecular complexity index is 1080. The van der Waals surface area contributed by atoms with Gasteiger partial charge in [0.1, 0.15) is 18.1 Å². The summed E-state index contributed by atoms with van der Waals surface area (Å²) in [6, 6.07) is 12.4. The van der Waals surface area contributed by atoms with Crippen molar-refractivity contribution in [3.05, 3.63) is 66.0 Å². The van der Waals surface area contributed by atoms with E-state index in [1.165, 1.54) is 0 Å². The zero-order chi connectivity index (χ0) is 22.7. The number of hydrogen-bond acceptors (Lipinski definition) is 4. The van der Waals surface area contributed by atoms with E-state index in [9.17, 15) is 4.79 Å². The minimum Gasteiger partial charge on any atom is -0.497 e. The molecular formula is C26H32N4O2. The Morgan fingerprint density at radius 1 is 1.16 bits per heavy atom. The Morgan fingerprint density at radius 2 is 1.94 bits per heavy atom. The highest BCUT2D eigenvalue weighted by Crippen LogP contribution is 2.31. The van der Waals surface area contributed by atoms with Crippen LogP contribution in [0.3, 0.4) is 0 Å². The molecule has 0 bridgehead atoms. The van der Waals surface area contributed by atoms with Crippen LogP contribution in [0.4, 0.5) is 0 Å². The summed E-state index contributed by atoms with van der Waals surface area (Å²) in [5, 5.41) is 0. The zero-order valence-electron chi connectivity index (χ0n) is 19.4. The molecule has 2 aromatic heterocycles. The molecule has 168 valence electrons. The second-order valence-electron chi connectivity index (χ2n) is 8.88. The van der Waals surface area contributed by atoms with Gasteiger partial charge in [0.2, 0.25) is 5.91 Å². The molecule has 6 nitrogen and oxygen atoms in total. The number of aromatic nitrogens is 3. The smallest absolute Gasteiger partial charge is 0.242 e. The van der Waals surface area contributed by atoms with E-state index in [1.807, 2.05) is 34.7 Å².